The Kier molecular flexibility index (Phi) is 7.39. The summed E-state index contributed by atoms with van der Waals surface area (Å²) in [6.45, 7) is 0. The molecule has 0 atom stereocenters. The molecule has 0 bridgehead atoms. The first-order valence-electron chi connectivity index (χ1n) is 18.7. The molecular weight excluding hydrogens is 687 g/mol. The van der Waals surface area contributed by atoms with Gasteiger partial charge in [0.1, 0.15) is 11.2 Å². The first-order valence-corrected chi connectivity index (χ1v) is 19.5. The van der Waals surface area contributed by atoms with E-state index in [1.807, 2.05) is 23.5 Å². The van der Waals surface area contributed by atoms with Crippen LogP contribution in [0.15, 0.2) is 205 Å². The van der Waals surface area contributed by atoms with Gasteiger partial charge in [0.2, 0.25) is 0 Å². The number of furan rings is 1. The summed E-state index contributed by atoms with van der Waals surface area (Å²) in [5.74, 6) is 0. The number of benzene rings is 9. The number of nitrogens with zero attached hydrogens (tertiary/aromatic N) is 1. The van der Waals surface area contributed by atoms with Crippen LogP contribution < -0.4 is 4.90 Å². The highest BCUT2D eigenvalue weighted by Gasteiger charge is 2.17. The summed E-state index contributed by atoms with van der Waals surface area (Å²) in [5.41, 5.74) is 12.2. The van der Waals surface area contributed by atoms with Gasteiger partial charge in [0.25, 0.3) is 0 Å². The zero-order chi connectivity index (χ0) is 36.3. The Hall–Kier alpha value is -6.94. The average Bonchev–Trinajstić information content (AvgIpc) is 3.82. The average molecular weight is 720 g/mol. The molecule has 0 saturated carbocycles. The lowest BCUT2D eigenvalue weighted by Gasteiger charge is -2.26. The van der Waals surface area contributed by atoms with E-state index >= 15 is 0 Å². The van der Waals surface area contributed by atoms with E-state index in [1.165, 1.54) is 53.2 Å². The molecule has 0 amide bonds. The SMILES string of the molecule is c1ccc2c(-c3ccc(N(c4ccc(-c5ccc(-c6cccc7c6oc6ccccc67)cc5)cc4)c4ccc5c(c4)sc4ccccc45)cc3)cccc2c1. The standard InChI is InChI=1S/C52H33NOS/c1-2-11-42-36(9-1)10-7-14-43(42)37-25-29-40(30-26-37)53(41-31-32-47-46-13-4-6-18-50(46)55-51(47)33-41)39-27-23-35(24-28-39)34-19-21-38(22-20-34)44-15-8-16-48-45-12-3-5-17-49(45)54-52(44)48/h1-33H. The van der Waals surface area contributed by atoms with Crippen LogP contribution in [0.3, 0.4) is 0 Å². The first-order chi connectivity index (χ1) is 27.2. The van der Waals surface area contributed by atoms with Crippen molar-refractivity contribution in [1.29, 1.82) is 0 Å². The van der Waals surface area contributed by atoms with Crippen molar-refractivity contribution in [2.45, 2.75) is 0 Å². The quantitative estimate of drug-likeness (QED) is 0.170. The predicted octanol–water partition coefficient (Wildman–Crippen LogP) is 15.6. The summed E-state index contributed by atoms with van der Waals surface area (Å²) >= 11 is 1.85. The lowest BCUT2D eigenvalue weighted by molar-refractivity contribution is 0.670. The molecule has 2 aromatic heterocycles. The molecule has 2 heterocycles. The molecule has 3 heteroatoms. The maximum atomic E-state index is 6.34. The van der Waals surface area contributed by atoms with Crippen molar-refractivity contribution >= 4 is 81.3 Å². The van der Waals surface area contributed by atoms with Crippen LogP contribution in [0.4, 0.5) is 17.1 Å². The van der Waals surface area contributed by atoms with E-state index in [9.17, 15) is 0 Å². The van der Waals surface area contributed by atoms with Crippen molar-refractivity contribution in [3.63, 3.8) is 0 Å². The molecule has 0 aliphatic rings. The molecule has 11 rings (SSSR count). The van der Waals surface area contributed by atoms with E-state index in [0.717, 1.165) is 50.1 Å². The second-order valence-corrected chi connectivity index (χ2v) is 15.2. The fourth-order valence-electron chi connectivity index (χ4n) is 8.19. The molecule has 0 radical (unpaired) electrons. The van der Waals surface area contributed by atoms with Crippen molar-refractivity contribution in [2.75, 3.05) is 4.90 Å². The Bertz CT molecular complexity index is 3180. The third-order valence-electron chi connectivity index (χ3n) is 10.9. The molecule has 0 fully saturated rings. The van der Waals surface area contributed by atoms with Gasteiger partial charge in [0.05, 0.1) is 0 Å². The summed E-state index contributed by atoms with van der Waals surface area (Å²) in [4.78, 5) is 2.37. The summed E-state index contributed by atoms with van der Waals surface area (Å²) in [6, 6.07) is 72.2. The monoisotopic (exact) mass is 719 g/mol. The lowest BCUT2D eigenvalue weighted by Crippen LogP contribution is -2.09. The highest BCUT2D eigenvalue weighted by molar-refractivity contribution is 7.25. The molecule has 9 aromatic carbocycles. The third-order valence-corrected chi connectivity index (χ3v) is 12.0. The first kappa shape index (κ1) is 31.6. The number of anilines is 3. The maximum absolute atomic E-state index is 6.34. The minimum atomic E-state index is 0.917. The van der Waals surface area contributed by atoms with Gasteiger partial charge in [0.15, 0.2) is 0 Å². The number of hydrogen-bond acceptors (Lipinski definition) is 3. The third kappa shape index (κ3) is 5.40. The van der Waals surface area contributed by atoms with E-state index in [-0.39, 0.29) is 0 Å². The highest BCUT2D eigenvalue weighted by Crippen LogP contribution is 2.42. The molecule has 0 unspecified atom stereocenters. The van der Waals surface area contributed by atoms with Gasteiger partial charge >= 0.3 is 0 Å². The van der Waals surface area contributed by atoms with Gasteiger partial charge in [0, 0.05) is 53.6 Å². The molecule has 0 spiro atoms. The second-order valence-electron chi connectivity index (χ2n) is 14.1. The summed E-state index contributed by atoms with van der Waals surface area (Å²) in [7, 11) is 0. The number of para-hydroxylation sites is 2. The van der Waals surface area contributed by atoms with Crippen molar-refractivity contribution in [2.24, 2.45) is 0 Å². The van der Waals surface area contributed by atoms with Crippen LogP contribution in [0.2, 0.25) is 0 Å². The molecule has 0 aliphatic heterocycles. The van der Waals surface area contributed by atoms with E-state index in [0.29, 0.717) is 0 Å². The molecule has 2 nitrogen and oxygen atoms in total. The van der Waals surface area contributed by atoms with Crippen molar-refractivity contribution in [3.8, 4) is 33.4 Å². The van der Waals surface area contributed by atoms with Gasteiger partial charge in [-0.1, -0.05) is 152 Å². The molecule has 11 aromatic rings. The normalized spacial score (nSPS) is 11.6. The van der Waals surface area contributed by atoms with Gasteiger partial charge in [-0.05, 0) is 87.1 Å². The highest BCUT2D eigenvalue weighted by atomic mass is 32.1. The summed E-state index contributed by atoms with van der Waals surface area (Å²) < 4.78 is 8.94. The fourth-order valence-corrected chi connectivity index (χ4v) is 9.33. The molecular formula is C52H33NOS. The molecule has 0 N–H and O–H groups in total. The van der Waals surface area contributed by atoms with Gasteiger partial charge in [-0.15, -0.1) is 11.3 Å². The molecule has 0 saturated heterocycles. The fraction of sp³-hybridized carbons (Fsp3) is 0. The van der Waals surface area contributed by atoms with E-state index in [4.69, 9.17) is 4.42 Å². The zero-order valence-electron chi connectivity index (χ0n) is 29.8. The van der Waals surface area contributed by atoms with Crippen LogP contribution >= 0.6 is 11.3 Å². The van der Waals surface area contributed by atoms with Crippen LogP contribution in [0.25, 0.3) is 86.3 Å². The minimum Gasteiger partial charge on any atom is -0.455 e. The van der Waals surface area contributed by atoms with Crippen LogP contribution in [-0.4, -0.2) is 0 Å². The van der Waals surface area contributed by atoms with E-state index in [2.05, 4.69) is 193 Å². The Balaban J connectivity index is 0.961. The minimum absolute atomic E-state index is 0.917. The number of hydrogen-bond donors (Lipinski definition) is 0. The van der Waals surface area contributed by atoms with Gasteiger partial charge < -0.3 is 9.32 Å². The van der Waals surface area contributed by atoms with Crippen molar-refractivity contribution in [1.82, 2.24) is 0 Å². The zero-order valence-corrected chi connectivity index (χ0v) is 30.6. The Morgan fingerprint density at radius 2 is 0.873 bits per heavy atom. The van der Waals surface area contributed by atoms with E-state index < -0.39 is 0 Å². The van der Waals surface area contributed by atoms with Crippen molar-refractivity contribution in [3.05, 3.63) is 200 Å². The summed E-state index contributed by atoms with van der Waals surface area (Å²) in [5, 5.41) is 7.41. The van der Waals surface area contributed by atoms with Crippen LogP contribution in [-0.2, 0) is 0 Å². The summed E-state index contributed by atoms with van der Waals surface area (Å²) in [6.07, 6.45) is 0. The number of rotatable bonds is 6. The van der Waals surface area contributed by atoms with Gasteiger partial charge in [-0.25, -0.2) is 0 Å². The van der Waals surface area contributed by atoms with Crippen LogP contribution in [0.5, 0.6) is 0 Å². The largest absolute Gasteiger partial charge is 0.455 e. The second kappa shape index (κ2) is 12.9. The molecule has 55 heavy (non-hydrogen) atoms. The Morgan fingerprint density at radius 3 is 1.67 bits per heavy atom. The van der Waals surface area contributed by atoms with Gasteiger partial charge in [-0.3, -0.25) is 0 Å². The smallest absolute Gasteiger partial charge is 0.143 e. The predicted molar refractivity (Wildman–Crippen MR) is 235 cm³/mol. The molecule has 258 valence electrons. The van der Waals surface area contributed by atoms with Crippen LogP contribution in [0, 0.1) is 0 Å². The number of fused-ring (bicyclic) bond motifs is 7. The van der Waals surface area contributed by atoms with Crippen LogP contribution in [0.1, 0.15) is 0 Å². The van der Waals surface area contributed by atoms with Crippen molar-refractivity contribution < 1.29 is 4.42 Å². The Morgan fingerprint density at radius 1 is 0.345 bits per heavy atom. The topological polar surface area (TPSA) is 16.4 Å². The molecule has 0 aliphatic carbocycles. The lowest BCUT2D eigenvalue weighted by atomic mass is 9.98. The Labute approximate surface area is 322 Å². The maximum Gasteiger partial charge on any atom is 0.143 e. The van der Waals surface area contributed by atoms with Gasteiger partial charge in [-0.2, -0.15) is 0 Å². The number of thiophene rings is 1. The van der Waals surface area contributed by atoms with E-state index in [1.54, 1.807) is 0 Å².